The van der Waals surface area contributed by atoms with Crippen molar-refractivity contribution in [2.75, 3.05) is 13.2 Å². The van der Waals surface area contributed by atoms with Crippen LogP contribution in [0.4, 0.5) is 4.39 Å². The zero-order valence-corrected chi connectivity index (χ0v) is 11.5. The summed E-state index contributed by atoms with van der Waals surface area (Å²) in [7, 11) is 0. The highest BCUT2D eigenvalue weighted by Crippen LogP contribution is 2.50. The summed E-state index contributed by atoms with van der Waals surface area (Å²) in [6.07, 6.45) is 4.60. The lowest BCUT2D eigenvalue weighted by atomic mass is 9.91. The van der Waals surface area contributed by atoms with Crippen molar-refractivity contribution in [2.45, 2.75) is 43.6 Å². The van der Waals surface area contributed by atoms with Crippen LogP contribution < -0.4 is 0 Å². The number of aliphatic hydroxyl groups excluding tert-OH is 1. The van der Waals surface area contributed by atoms with Crippen LogP contribution in [0.15, 0.2) is 24.3 Å². The highest BCUT2D eigenvalue weighted by molar-refractivity contribution is 5.91. The van der Waals surface area contributed by atoms with Crippen molar-refractivity contribution < 1.29 is 14.3 Å². The second-order valence-electron chi connectivity index (χ2n) is 5.92. The van der Waals surface area contributed by atoms with E-state index in [2.05, 4.69) is 0 Å². The van der Waals surface area contributed by atoms with Gasteiger partial charge in [-0.25, -0.2) is 4.39 Å². The van der Waals surface area contributed by atoms with Crippen LogP contribution in [-0.4, -0.2) is 35.1 Å². The zero-order valence-electron chi connectivity index (χ0n) is 11.5. The summed E-state index contributed by atoms with van der Waals surface area (Å²) >= 11 is 0. The predicted octanol–water partition coefficient (Wildman–Crippen LogP) is 2.23. The van der Waals surface area contributed by atoms with Crippen molar-refractivity contribution in [1.29, 1.82) is 0 Å². The van der Waals surface area contributed by atoms with Gasteiger partial charge in [0.2, 0.25) is 5.91 Å². The van der Waals surface area contributed by atoms with Crippen LogP contribution in [-0.2, 0) is 10.2 Å². The number of rotatable bonds is 3. The van der Waals surface area contributed by atoms with Gasteiger partial charge in [-0.05, 0) is 49.8 Å². The normalized spacial score (nSPS) is 24.5. The Morgan fingerprint density at radius 1 is 1.30 bits per heavy atom. The topological polar surface area (TPSA) is 40.5 Å². The Balaban J connectivity index is 1.83. The number of piperidine rings is 1. The van der Waals surface area contributed by atoms with Crippen LogP contribution in [0.25, 0.3) is 0 Å². The van der Waals surface area contributed by atoms with Gasteiger partial charge in [0.25, 0.3) is 0 Å². The van der Waals surface area contributed by atoms with Crippen LogP contribution >= 0.6 is 0 Å². The first-order valence-electron chi connectivity index (χ1n) is 7.35. The number of likely N-dealkylation sites (tertiary alicyclic amines) is 1. The number of benzene rings is 1. The van der Waals surface area contributed by atoms with Crippen molar-refractivity contribution in [3.8, 4) is 0 Å². The summed E-state index contributed by atoms with van der Waals surface area (Å²) < 4.78 is 13.0. The Morgan fingerprint density at radius 3 is 2.60 bits per heavy atom. The van der Waals surface area contributed by atoms with E-state index < -0.39 is 5.41 Å². The smallest absolute Gasteiger partial charge is 0.233 e. The molecule has 2 fully saturated rings. The Hall–Kier alpha value is -1.42. The highest BCUT2D eigenvalue weighted by Gasteiger charge is 2.53. The van der Waals surface area contributed by atoms with E-state index in [0.717, 1.165) is 44.2 Å². The van der Waals surface area contributed by atoms with Gasteiger partial charge in [-0.15, -0.1) is 0 Å². The van der Waals surface area contributed by atoms with Gasteiger partial charge in [-0.1, -0.05) is 12.1 Å². The maximum Gasteiger partial charge on any atom is 0.233 e. The summed E-state index contributed by atoms with van der Waals surface area (Å²) in [6, 6.07) is 6.23. The monoisotopic (exact) mass is 277 g/mol. The molecule has 1 aliphatic carbocycles. The molecule has 108 valence electrons. The van der Waals surface area contributed by atoms with Crippen LogP contribution in [0.3, 0.4) is 0 Å². The Morgan fingerprint density at radius 2 is 2.00 bits per heavy atom. The first kappa shape index (κ1) is 13.6. The number of halogens is 1. The third-order valence-corrected chi connectivity index (χ3v) is 4.65. The molecule has 1 N–H and O–H groups in total. The third kappa shape index (κ3) is 2.22. The standard InChI is InChI=1S/C16H20FNO2/c17-13-6-4-12(5-7-13)16(8-9-16)15(20)18-10-2-1-3-14(18)11-19/h4-7,14,19H,1-3,8-11H2. The molecule has 1 saturated heterocycles. The average Bonchev–Trinajstić information content (AvgIpc) is 3.29. The quantitative estimate of drug-likeness (QED) is 0.920. The lowest BCUT2D eigenvalue weighted by Gasteiger charge is -2.37. The molecule has 3 nitrogen and oxygen atoms in total. The molecule has 2 aliphatic rings. The number of amides is 1. The number of carbonyl (C=O) groups excluding carboxylic acids is 1. The molecule has 0 radical (unpaired) electrons. The molecule has 1 saturated carbocycles. The summed E-state index contributed by atoms with van der Waals surface area (Å²) in [4.78, 5) is 14.7. The number of aliphatic hydroxyl groups is 1. The van der Waals surface area contributed by atoms with Gasteiger partial charge in [0.1, 0.15) is 5.82 Å². The van der Waals surface area contributed by atoms with Gasteiger partial charge in [-0.2, -0.15) is 0 Å². The lowest BCUT2D eigenvalue weighted by Crippen LogP contribution is -2.49. The van der Waals surface area contributed by atoms with Gasteiger partial charge in [0.05, 0.1) is 18.1 Å². The minimum absolute atomic E-state index is 0.0330. The molecule has 1 aliphatic heterocycles. The van der Waals surface area contributed by atoms with Gasteiger partial charge < -0.3 is 10.0 Å². The molecular weight excluding hydrogens is 257 g/mol. The lowest BCUT2D eigenvalue weighted by molar-refractivity contribution is -0.138. The minimum Gasteiger partial charge on any atom is -0.394 e. The molecule has 1 atom stereocenters. The number of hydrogen-bond donors (Lipinski definition) is 1. The van der Waals surface area contributed by atoms with Crippen molar-refractivity contribution >= 4 is 5.91 Å². The summed E-state index contributed by atoms with van der Waals surface area (Å²) in [5, 5.41) is 9.46. The van der Waals surface area contributed by atoms with E-state index in [1.165, 1.54) is 12.1 Å². The van der Waals surface area contributed by atoms with Crippen molar-refractivity contribution in [1.82, 2.24) is 4.90 Å². The Bertz CT molecular complexity index is 496. The average molecular weight is 277 g/mol. The van der Waals surface area contributed by atoms with Crippen molar-refractivity contribution in [3.05, 3.63) is 35.6 Å². The number of nitrogens with zero attached hydrogens (tertiary/aromatic N) is 1. The third-order valence-electron chi connectivity index (χ3n) is 4.65. The summed E-state index contributed by atoms with van der Waals surface area (Å²) in [6.45, 7) is 0.762. The molecular formula is C16H20FNO2. The van der Waals surface area contributed by atoms with E-state index in [0.29, 0.717) is 0 Å². The molecule has 3 rings (SSSR count). The summed E-state index contributed by atoms with van der Waals surface area (Å²) in [5.74, 6) is -0.161. The molecule has 1 amide bonds. The van der Waals surface area contributed by atoms with Crippen LogP contribution in [0.1, 0.15) is 37.7 Å². The predicted molar refractivity (Wildman–Crippen MR) is 73.7 cm³/mol. The second kappa shape index (κ2) is 5.17. The Kier molecular flexibility index (Phi) is 3.50. The number of hydrogen-bond acceptors (Lipinski definition) is 2. The molecule has 20 heavy (non-hydrogen) atoms. The fourth-order valence-electron chi connectivity index (χ4n) is 3.25. The largest absolute Gasteiger partial charge is 0.394 e. The maximum absolute atomic E-state index is 13.0. The van der Waals surface area contributed by atoms with Crippen LogP contribution in [0.2, 0.25) is 0 Å². The number of carbonyl (C=O) groups is 1. The van der Waals surface area contributed by atoms with Crippen molar-refractivity contribution in [2.24, 2.45) is 0 Å². The second-order valence-corrected chi connectivity index (χ2v) is 5.92. The van der Waals surface area contributed by atoms with Crippen molar-refractivity contribution in [3.63, 3.8) is 0 Å². The molecule has 1 heterocycles. The molecule has 1 aromatic rings. The molecule has 1 aromatic carbocycles. The SMILES string of the molecule is O=C(N1CCCCC1CO)C1(c2ccc(F)cc2)CC1. The minimum atomic E-state index is -0.460. The van der Waals surface area contributed by atoms with Gasteiger partial charge in [0, 0.05) is 6.54 Å². The summed E-state index contributed by atoms with van der Waals surface area (Å²) in [5.41, 5.74) is 0.449. The van der Waals surface area contributed by atoms with E-state index in [1.54, 1.807) is 12.1 Å². The fraction of sp³-hybridized carbons (Fsp3) is 0.562. The molecule has 1 unspecified atom stereocenters. The fourth-order valence-corrected chi connectivity index (χ4v) is 3.25. The van der Waals surface area contributed by atoms with E-state index >= 15 is 0 Å². The first-order valence-corrected chi connectivity index (χ1v) is 7.35. The first-order chi connectivity index (χ1) is 9.67. The molecule has 4 heteroatoms. The van der Waals surface area contributed by atoms with Crippen LogP contribution in [0.5, 0.6) is 0 Å². The van der Waals surface area contributed by atoms with E-state index in [1.807, 2.05) is 4.90 Å². The van der Waals surface area contributed by atoms with E-state index in [9.17, 15) is 14.3 Å². The van der Waals surface area contributed by atoms with Gasteiger partial charge in [0.15, 0.2) is 0 Å². The molecule has 0 bridgehead atoms. The van der Waals surface area contributed by atoms with E-state index in [-0.39, 0.29) is 24.4 Å². The maximum atomic E-state index is 13.0. The molecule has 0 spiro atoms. The van der Waals surface area contributed by atoms with Gasteiger partial charge >= 0.3 is 0 Å². The highest BCUT2D eigenvalue weighted by atomic mass is 19.1. The molecule has 0 aromatic heterocycles. The van der Waals surface area contributed by atoms with E-state index in [4.69, 9.17) is 0 Å². The zero-order chi connectivity index (χ0) is 14.2. The van der Waals surface area contributed by atoms with Gasteiger partial charge in [-0.3, -0.25) is 4.79 Å². The van der Waals surface area contributed by atoms with Crippen LogP contribution in [0, 0.1) is 5.82 Å². The Labute approximate surface area is 118 Å².